The van der Waals surface area contributed by atoms with Crippen molar-refractivity contribution in [2.75, 3.05) is 0 Å². The fourth-order valence-electron chi connectivity index (χ4n) is 3.05. The van der Waals surface area contributed by atoms with Crippen molar-refractivity contribution in [3.63, 3.8) is 0 Å². The first-order valence-electron chi connectivity index (χ1n) is 7.48. The molecule has 0 aromatic heterocycles. The molecule has 0 fully saturated rings. The number of rotatable bonds is 4. The van der Waals surface area contributed by atoms with Gasteiger partial charge in [-0.2, -0.15) is 0 Å². The molecule has 0 heterocycles. The average Bonchev–Trinajstić information content (AvgIpc) is 2.37. The van der Waals surface area contributed by atoms with Crippen LogP contribution in [0.3, 0.4) is 0 Å². The molecule has 1 nitrogen and oxygen atoms in total. The maximum Gasteiger partial charge on any atom is 0.163 e. The van der Waals surface area contributed by atoms with E-state index in [1.54, 1.807) is 18.2 Å². The lowest BCUT2D eigenvalue weighted by Gasteiger charge is -2.22. The molecule has 1 unspecified atom stereocenters. The molecule has 0 saturated heterocycles. The Labute approximate surface area is 126 Å². The summed E-state index contributed by atoms with van der Waals surface area (Å²) in [6.07, 6.45) is 1.50. The van der Waals surface area contributed by atoms with E-state index >= 15 is 0 Å². The zero-order valence-electron chi connectivity index (χ0n) is 13.2. The topological polar surface area (TPSA) is 17.1 Å². The molecular weight excluding hydrogens is 263 g/mol. The summed E-state index contributed by atoms with van der Waals surface area (Å²) in [7, 11) is 0. The molecule has 0 bridgehead atoms. The van der Waals surface area contributed by atoms with Crippen molar-refractivity contribution >= 4 is 16.6 Å². The zero-order valence-corrected chi connectivity index (χ0v) is 13.2. The van der Waals surface area contributed by atoms with Crippen LogP contribution >= 0.6 is 0 Å². The minimum atomic E-state index is -0.273. The highest BCUT2D eigenvalue weighted by Crippen LogP contribution is 2.28. The number of ketones is 1. The van der Waals surface area contributed by atoms with Crippen molar-refractivity contribution in [3.8, 4) is 0 Å². The van der Waals surface area contributed by atoms with Crippen LogP contribution in [0.25, 0.3) is 10.8 Å². The van der Waals surface area contributed by atoms with Crippen molar-refractivity contribution in [2.45, 2.75) is 40.5 Å². The van der Waals surface area contributed by atoms with E-state index in [0.717, 1.165) is 6.42 Å². The Balaban J connectivity index is 2.26. The van der Waals surface area contributed by atoms with E-state index in [2.05, 4.69) is 27.7 Å². The van der Waals surface area contributed by atoms with E-state index in [-0.39, 0.29) is 17.0 Å². The summed E-state index contributed by atoms with van der Waals surface area (Å²) in [5.74, 6) is 0.147. The summed E-state index contributed by atoms with van der Waals surface area (Å²) in [6.45, 7) is 8.65. The second kappa shape index (κ2) is 5.97. The highest BCUT2D eigenvalue weighted by atomic mass is 19.1. The highest BCUT2D eigenvalue weighted by Gasteiger charge is 2.20. The Hall–Kier alpha value is -1.70. The molecular formula is C19H23FO. The Morgan fingerprint density at radius 2 is 1.71 bits per heavy atom. The van der Waals surface area contributed by atoms with Crippen molar-refractivity contribution < 1.29 is 9.18 Å². The molecule has 21 heavy (non-hydrogen) atoms. The van der Waals surface area contributed by atoms with Gasteiger partial charge in [-0.25, -0.2) is 4.39 Å². The van der Waals surface area contributed by atoms with Gasteiger partial charge in [-0.15, -0.1) is 0 Å². The van der Waals surface area contributed by atoms with Gasteiger partial charge >= 0.3 is 0 Å². The van der Waals surface area contributed by atoms with Gasteiger partial charge in [0.25, 0.3) is 0 Å². The molecule has 0 spiro atoms. The number of halogens is 1. The third kappa shape index (κ3) is 3.90. The van der Waals surface area contributed by atoms with Crippen LogP contribution in [0.2, 0.25) is 0 Å². The third-order valence-corrected chi connectivity index (χ3v) is 3.67. The predicted molar refractivity (Wildman–Crippen MR) is 86.1 cm³/mol. The quantitative estimate of drug-likeness (QED) is 0.666. The summed E-state index contributed by atoms with van der Waals surface area (Å²) in [5.41, 5.74) is 0.845. The van der Waals surface area contributed by atoms with E-state index in [9.17, 15) is 9.18 Å². The number of carbonyl (C=O) groups excluding carboxylic acids is 1. The molecule has 2 rings (SSSR count). The highest BCUT2D eigenvalue weighted by molar-refractivity contribution is 6.08. The molecule has 2 aromatic carbocycles. The van der Waals surface area contributed by atoms with E-state index in [0.29, 0.717) is 28.7 Å². The summed E-state index contributed by atoms with van der Waals surface area (Å²) in [4.78, 5) is 12.5. The number of Topliss-reactive ketones (excluding diaryl/α,β-unsaturated/α-hetero) is 1. The third-order valence-electron chi connectivity index (χ3n) is 3.67. The van der Waals surface area contributed by atoms with Crippen LogP contribution in [-0.4, -0.2) is 5.78 Å². The Bertz CT molecular complexity index is 652. The lowest BCUT2D eigenvalue weighted by Crippen LogP contribution is -2.14. The summed E-state index contributed by atoms with van der Waals surface area (Å²) in [5, 5.41) is 1.23. The van der Waals surface area contributed by atoms with Gasteiger partial charge < -0.3 is 0 Å². The number of benzene rings is 2. The molecule has 0 aliphatic rings. The van der Waals surface area contributed by atoms with Gasteiger partial charge in [-0.05, 0) is 35.3 Å². The van der Waals surface area contributed by atoms with Crippen molar-refractivity contribution in [1.82, 2.24) is 0 Å². The van der Waals surface area contributed by atoms with Gasteiger partial charge in [0, 0.05) is 17.4 Å². The van der Waals surface area contributed by atoms with Crippen molar-refractivity contribution in [2.24, 2.45) is 11.3 Å². The Morgan fingerprint density at radius 3 is 2.33 bits per heavy atom. The summed E-state index contributed by atoms with van der Waals surface area (Å²) in [6, 6.07) is 10.2. The molecule has 0 N–H and O–H groups in total. The normalized spacial score (nSPS) is 13.4. The minimum Gasteiger partial charge on any atom is -0.294 e. The lowest BCUT2D eigenvalue weighted by molar-refractivity contribution is 0.0956. The standard InChI is InChI=1S/C19H23FO/c1-13(12-19(2,3)4)11-18(21)16-9-10-17(20)15-8-6-5-7-14(15)16/h5-10,13H,11-12H2,1-4H3. The van der Waals surface area contributed by atoms with E-state index in [4.69, 9.17) is 0 Å². The fourth-order valence-corrected chi connectivity index (χ4v) is 3.05. The first kappa shape index (κ1) is 15.7. The first-order chi connectivity index (χ1) is 9.78. The maximum atomic E-state index is 13.8. The van der Waals surface area contributed by atoms with Crippen molar-refractivity contribution in [3.05, 3.63) is 47.8 Å². The fraction of sp³-hybridized carbons (Fsp3) is 0.421. The van der Waals surface area contributed by atoms with Crippen LogP contribution in [0, 0.1) is 17.2 Å². The van der Waals surface area contributed by atoms with Gasteiger partial charge in [0.15, 0.2) is 5.78 Å². The molecule has 2 heteroatoms. The van der Waals surface area contributed by atoms with Gasteiger partial charge in [0.05, 0.1) is 0 Å². The summed E-state index contributed by atoms with van der Waals surface area (Å²) < 4.78 is 13.8. The van der Waals surface area contributed by atoms with Gasteiger partial charge in [-0.1, -0.05) is 52.0 Å². The van der Waals surface area contributed by atoms with Crippen LogP contribution < -0.4 is 0 Å². The van der Waals surface area contributed by atoms with Crippen LogP contribution in [0.1, 0.15) is 50.9 Å². The second-order valence-corrected chi connectivity index (χ2v) is 7.14. The van der Waals surface area contributed by atoms with E-state index in [1.165, 1.54) is 6.07 Å². The first-order valence-corrected chi connectivity index (χ1v) is 7.48. The molecule has 0 amide bonds. The molecule has 0 radical (unpaired) electrons. The maximum absolute atomic E-state index is 13.8. The van der Waals surface area contributed by atoms with E-state index < -0.39 is 0 Å². The zero-order chi connectivity index (χ0) is 15.6. The lowest BCUT2D eigenvalue weighted by atomic mass is 9.82. The average molecular weight is 286 g/mol. The molecule has 1 atom stereocenters. The van der Waals surface area contributed by atoms with E-state index in [1.807, 2.05) is 12.1 Å². The molecule has 0 saturated carbocycles. The largest absolute Gasteiger partial charge is 0.294 e. The van der Waals surface area contributed by atoms with Gasteiger partial charge in [0.1, 0.15) is 5.82 Å². The van der Waals surface area contributed by atoms with Crippen LogP contribution in [0.5, 0.6) is 0 Å². The predicted octanol–water partition coefficient (Wildman–Crippen LogP) is 5.62. The number of hydrogen-bond donors (Lipinski definition) is 0. The van der Waals surface area contributed by atoms with Gasteiger partial charge in [-0.3, -0.25) is 4.79 Å². The number of carbonyl (C=O) groups is 1. The Kier molecular flexibility index (Phi) is 4.46. The van der Waals surface area contributed by atoms with Crippen LogP contribution in [-0.2, 0) is 0 Å². The van der Waals surface area contributed by atoms with Crippen LogP contribution in [0.15, 0.2) is 36.4 Å². The van der Waals surface area contributed by atoms with Crippen molar-refractivity contribution in [1.29, 1.82) is 0 Å². The molecule has 2 aromatic rings. The molecule has 0 aliphatic heterocycles. The molecule has 0 aliphatic carbocycles. The second-order valence-electron chi connectivity index (χ2n) is 7.14. The monoisotopic (exact) mass is 286 g/mol. The minimum absolute atomic E-state index is 0.1000. The Morgan fingerprint density at radius 1 is 1.10 bits per heavy atom. The number of fused-ring (bicyclic) bond motifs is 1. The SMILES string of the molecule is CC(CC(=O)c1ccc(F)c2ccccc12)CC(C)(C)C. The molecule has 112 valence electrons. The van der Waals surface area contributed by atoms with Gasteiger partial charge in [0.2, 0.25) is 0 Å². The number of hydrogen-bond acceptors (Lipinski definition) is 1. The smallest absolute Gasteiger partial charge is 0.163 e. The summed E-state index contributed by atoms with van der Waals surface area (Å²) >= 11 is 0. The van der Waals surface area contributed by atoms with Crippen LogP contribution in [0.4, 0.5) is 4.39 Å².